The smallest absolute Gasteiger partial charge is 0.264 e. The summed E-state index contributed by atoms with van der Waals surface area (Å²) in [6.07, 6.45) is 5.38. The molecule has 2 heterocycles. The van der Waals surface area contributed by atoms with Crippen LogP contribution in [0.15, 0.2) is 83.8 Å². The molecule has 212 valence electrons. The average molecular weight is 647 g/mol. The SMILES string of the molecule is Br.CC=CC1N(S(=O)(=O)c2ccc(OC)cc2)c2ccc(C(=O)NCc3ccccc3Cl)cc2C12CCNCC2. The highest BCUT2D eigenvalue weighted by molar-refractivity contribution is 8.93. The van der Waals surface area contributed by atoms with Crippen LogP contribution in [0.4, 0.5) is 5.69 Å². The molecule has 2 aliphatic heterocycles. The van der Waals surface area contributed by atoms with E-state index in [-0.39, 0.29) is 27.8 Å². The van der Waals surface area contributed by atoms with Crippen molar-refractivity contribution in [2.75, 3.05) is 24.5 Å². The number of piperidine rings is 1. The van der Waals surface area contributed by atoms with E-state index in [1.165, 1.54) is 0 Å². The van der Waals surface area contributed by atoms with Gasteiger partial charge >= 0.3 is 0 Å². The molecule has 0 aromatic heterocycles. The van der Waals surface area contributed by atoms with Crippen LogP contribution in [0.5, 0.6) is 5.75 Å². The van der Waals surface area contributed by atoms with Crippen LogP contribution in [0, 0.1) is 0 Å². The Kier molecular flexibility index (Phi) is 9.29. The number of hydrogen-bond acceptors (Lipinski definition) is 5. The van der Waals surface area contributed by atoms with Gasteiger partial charge in [0, 0.05) is 22.5 Å². The summed E-state index contributed by atoms with van der Waals surface area (Å²) in [6, 6.07) is 18.8. The number of sulfonamides is 1. The summed E-state index contributed by atoms with van der Waals surface area (Å²) < 4.78 is 35.1. The molecule has 1 saturated heterocycles. The normalized spacial score (nSPS) is 17.9. The van der Waals surface area contributed by atoms with Crippen molar-refractivity contribution in [2.45, 2.75) is 42.7 Å². The number of fused-ring (bicyclic) bond motifs is 2. The van der Waals surface area contributed by atoms with Crippen molar-refractivity contribution in [3.8, 4) is 5.75 Å². The number of hydrogen-bond donors (Lipinski definition) is 2. The van der Waals surface area contributed by atoms with E-state index in [0.717, 1.165) is 37.1 Å². The molecule has 10 heteroatoms. The third kappa shape index (κ3) is 5.40. The van der Waals surface area contributed by atoms with E-state index < -0.39 is 21.5 Å². The lowest BCUT2D eigenvalue weighted by Crippen LogP contribution is -2.51. The molecular weight excluding hydrogens is 614 g/mol. The minimum atomic E-state index is -3.92. The first-order valence-electron chi connectivity index (χ1n) is 13.0. The van der Waals surface area contributed by atoms with Crippen molar-refractivity contribution in [2.24, 2.45) is 0 Å². The largest absolute Gasteiger partial charge is 0.497 e. The maximum atomic E-state index is 14.2. The van der Waals surface area contributed by atoms with Gasteiger partial charge in [0.25, 0.3) is 15.9 Å². The number of benzene rings is 3. The highest BCUT2D eigenvalue weighted by Gasteiger charge is 2.54. The molecule has 1 fully saturated rings. The molecule has 1 unspecified atom stereocenters. The monoisotopic (exact) mass is 645 g/mol. The minimum absolute atomic E-state index is 0. The first-order chi connectivity index (χ1) is 18.8. The molecule has 0 aliphatic carbocycles. The number of amides is 1. The average Bonchev–Trinajstić information content (AvgIpc) is 3.21. The number of allylic oxidation sites excluding steroid dienone is 1. The molecule has 3 aromatic carbocycles. The molecule has 40 heavy (non-hydrogen) atoms. The zero-order chi connectivity index (χ0) is 27.6. The van der Waals surface area contributed by atoms with Crippen molar-refractivity contribution < 1.29 is 17.9 Å². The van der Waals surface area contributed by atoms with Crippen molar-refractivity contribution in [3.63, 3.8) is 0 Å². The third-order valence-electron chi connectivity index (χ3n) is 7.74. The summed E-state index contributed by atoms with van der Waals surface area (Å²) in [5.74, 6) is 0.351. The number of rotatable bonds is 7. The van der Waals surface area contributed by atoms with Gasteiger partial charge in [-0.15, -0.1) is 17.0 Å². The minimum Gasteiger partial charge on any atom is -0.497 e. The second kappa shape index (κ2) is 12.3. The summed E-state index contributed by atoms with van der Waals surface area (Å²) >= 11 is 6.27. The lowest BCUT2D eigenvalue weighted by atomic mass is 9.69. The van der Waals surface area contributed by atoms with Gasteiger partial charge in [-0.3, -0.25) is 9.10 Å². The summed E-state index contributed by atoms with van der Waals surface area (Å²) in [4.78, 5) is 13.4. The molecule has 1 atom stereocenters. The van der Waals surface area contributed by atoms with Gasteiger partial charge in [0.15, 0.2) is 0 Å². The number of halogens is 2. The van der Waals surface area contributed by atoms with Crippen molar-refractivity contribution >= 4 is 50.2 Å². The van der Waals surface area contributed by atoms with E-state index in [1.807, 2.05) is 43.3 Å². The van der Waals surface area contributed by atoms with Crippen LogP contribution in [0.1, 0.15) is 41.3 Å². The van der Waals surface area contributed by atoms with E-state index in [1.54, 1.807) is 53.9 Å². The third-order valence-corrected chi connectivity index (χ3v) is 9.91. The lowest BCUT2D eigenvalue weighted by molar-refractivity contribution is 0.0950. The van der Waals surface area contributed by atoms with Gasteiger partial charge in [-0.25, -0.2) is 8.42 Å². The molecule has 5 rings (SSSR count). The second-order valence-electron chi connectivity index (χ2n) is 9.86. The number of nitrogens with zero attached hydrogens (tertiary/aromatic N) is 1. The molecule has 0 saturated carbocycles. The van der Waals surface area contributed by atoms with E-state index in [0.29, 0.717) is 28.6 Å². The number of nitrogens with one attached hydrogen (secondary N) is 2. The van der Waals surface area contributed by atoms with Crippen molar-refractivity contribution in [3.05, 3.63) is 101 Å². The fourth-order valence-electron chi connectivity index (χ4n) is 5.74. The van der Waals surface area contributed by atoms with Gasteiger partial charge in [0.05, 0.1) is 23.7 Å². The Morgan fingerprint density at radius 1 is 1.12 bits per heavy atom. The van der Waals surface area contributed by atoms with E-state index in [9.17, 15) is 13.2 Å². The Hall–Kier alpha value is -2.85. The Labute approximate surface area is 251 Å². The van der Waals surface area contributed by atoms with Crippen LogP contribution in [-0.4, -0.2) is 40.6 Å². The zero-order valence-electron chi connectivity index (χ0n) is 22.4. The lowest BCUT2D eigenvalue weighted by Gasteiger charge is -2.40. The highest BCUT2D eigenvalue weighted by atomic mass is 79.9. The number of carbonyl (C=O) groups is 1. The molecule has 3 aromatic rings. The topological polar surface area (TPSA) is 87.7 Å². The summed E-state index contributed by atoms with van der Waals surface area (Å²) in [7, 11) is -2.37. The van der Waals surface area contributed by atoms with Crippen LogP contribution in [0.3, 0.4) is 0 Å². The molecule has 0 bridgehead atoms. The predicted octanol–water partition coefficient (Wildman–Crippen LogP) is 5.63. The van der Waals surface area contributed by atoms with Gasteiger partial charge in [-0.1, -0.05) is 42.0 Å². The second-order valence-corrected chi connectivity index (χ2v) is 12.1. The molecular formula is C30H33BrClN3O4S. The van der Waals surface area contributed by atoms with Gasteiger partial charge in [0.2, 0.25) is 0 Å². The number of anilines is 1. The van der Waals surface area contributed by atoms with Gasteiger partial charge in [-0.05, 0) is 92.5 Å². The summed E-state index contributed by atoms with van der Waals surface area (Å²) in [5.41, 5.74) is 2.34. The van der Waals surface area contributed by atoms with E-state index >= 15 is 0 Å². The fourth-order valence-corrected chi connectivity index (χ4v) is 7.64. The molecule has 2 N–H and O–H groups in total. The Morgan fingerprint density at radius 2 is 1.82 bits per heavy atom. The van der Waals surface area contributed by atoms with Gasteiger partial charge < -0.3 is 15.4 Å². The van der Waals surface area contributed by atoms with E-state index in [4.69, 9.17) is 16.3 Å². The predicted molar refractivity (Wildman–Crippen MR) is 164 cm³/mol. The van der Waals surface area contributed by atoms with Crippen LogP contribution in [0.25, 0.3) is 0 Å². The van der Waals surface area contributed by atoms with Gasteiger partial charge in [-0.2, -0.15) is 0 Å². The molecule has 1 spiro atoms. The number of ether oxygens (including phenoxy) is 1. The summed E-state index contributed by atoms with van der Waals surface area (Å²) in [6.45, 7) is 3.72. The Morgan fingerprint density at radius 3 is 2.48 bits per heavy atom. The van der Waals surface area contributed by atoms with Crippen LogP contribution in [0.2, 0.25) is 5.02 Å². The van der Waals surface area contributed by atoms with Crippen LogP contribution in [-0.2, 0) is 22.0 Å². The maximum absolute atomic E-state index is 14.2. The van der Waals surface area contributed by atoms with Crippen LogP contribution >= 0.6 is 28.6 Å². The summed E-state index contributed by atoms with van der Waals surface area (Å²) in [5, 5.41) is 6.96. The fraction of sp³-hybridized carbons (Fsp3) is 0.300. The number of carbonyl (C=O) groups excluding carboxylic acids is 1. The molecule has 2 aliphatic rings. The first-order valence-corrected chi connectivity index (χ1v) is 14.8. The molecule has 1 amide bonds. The zero-order valence-corrected chi connectivity index (χ0v) is 25.7. The molecule has 7 nitrogen and oxygen atoms in total. The van der Waals surface area contributed by atoms with Crippen LogP contribution < -0.4 is 19.7 Å². The van der Waals surface area contributed by atoms with Crippen molar-refractivity contribution in [1.29, 1.82) is 0 Å². The standard InChI is InChI=1S/C30H32ClN3O4S.BrH/c1-3-6-28-30(15-17-32-18-16-30)25-19-21(29(35)33-20-22-7-4-5-8-26(22)31)9-14-27(25)34(28)39(36,37)24-12-10-23(38-2)11-13-24;/h3-14,19,28,32H,15-18,20H2,1-2H3,(H,33,35);1H. The highest BCUT2D eigenvalue weighted by Crippen LogP contribution is 2.53. The maximum Gasteiger partial charge on any atom is 0.264 e. The molecule has 0 radical (unpaired) electrons. The van der Waals surface area contributed by atoms with E-state index in [2.05, 4.69) is 10.6 Å². The Bertz CT molecular complexity index is 1510. The Balaban J connectivity index is 0.00000370. The number of methoxy groups -OCH3 is 1. The van der Waals surface area contributed by atoms with Gasteiger partial charge in [0.1, 0.15) is 5.75 Å². The quantitative estimate of drug-likeness (QED) is 0.325. The van der Waals surface area contributed by atoms with Crippen molar-refractivity contribution in [1.82, 2.24) is 10.6 Å². The first kappa shape index (κ1) is 30.1.